The number of hydrogen-bond acceptors (Lipinski definition) is 5. The van der Waals surface area contributed by atoms with Gasteiger partial charge < -0.3 is 5.32 Å². The van der Waals surface area contributed by atoms with Crippen molar-refractivity contribution in [3.8, 4) is 0 Å². The highest BCUT2D eigenvalue weighted by molar-refractivity contribution is 5.82. The molecular weight excluding hydrogens is 396 g/mol. The normalized spacial score (nSPS) is 14.1. The van der Waals surface area contributed by atoms with Gasteiger partial charge in [-0.25, -0.2) is 0 Å². The van der Waals surface area contributed by atoms with Gasteiger partial charge >= 0.3 is 0 Å². The highest BCUT2D eigenvalue weighted by atomic mass is 16.3. The van der Waals surface area contributed by atoms with Gasteiger partial charge in [0.1, 0.15) is 0 Å². The van der Waals surface area contributed by atoms with Crippen LogP contribution in [0.4, 0.5) is 0 Å². The molecule has 1 aliphatic rings. The van der Waals surface area contributed by atoms with Crippen LogP contribution in [0.3, 0.4) is 0 Å². The molecule has 5 heteroatoms. The Morgan fingerprint density at radius 3 is 2.34 bits per heavy atom. The average Bonchev–Trinajstić information content (AvgIpc) is 3.35. The average molecular weight is 435 g/mol. The van der Waals surface area contributed by atoms with Crippen LogP contribution in [-0.4, -0.2) is 42.1 Å². The van der Waals surface area contributed by atoms with E-state index in [9.17, 15) is 4.91 Å². The van der Waals surface area contributed by atoms with E-state index < -0.39 is 0 Å². The third-order valence-corrected chi connectivity index (χ3v) is 5.41. The van der Waals surface area contributed by atoms with Crippen molar-refractivity contribution in [2.75, 3.05) is 26.2 Å². The van der Waals surface area contributed by atoms with Gasteiger partial charge in [0.05, 0.1) is 6.54 Å². The predicted octanol–water partition coefficient (Wildman–Crippen LogP) is 5.83. The number of pyridine rings is 1. The molecule has 32 heavy (non-hydrogen) atoms. The van der Waals surface area contributed by atoms with Crippen LogP contribution < -0.4 is 5.32 Å². The number of aromatic nitrogens is 1. The fourth-order valence-electron chi connectivity index (χ4n) is 3.84. The van der Waals surface area contributed by atoms with E-state index in [4.69, 9.17) is 0 Å². The maximum atomic E-state index is 10.0. The molecule has 0 saturated carbocycles. The lowest BCUT2D eigenvalue weighted by Gasteiger charge is -2.13. The minimum absolute atomic E-state index is 0.335. The van der Waals surface area contributed by atoms with Crippen LogP contribution in [0, 0.1) is 4.91 Å². The first kappa shape index (κ1) is 25.6. The zero-order valence-electron chi connectivity index (χ0n) is 19.8. The predicted molar refractivity (Wildman–Crippen MR) is 136 cm³/mol. The molecule has 1 aromatic heterocycles. The summed E-state index contributed by atoms with van der Waals surface area (Å²) in [5, 5.41) is 8.67. The van der Waals surface area contributed by atoms with Crippen LogP contribution in [0.25, 0.3) is 10.8 Å². The molecule has 172 valence electrons. The van der Waals surface area contributed by atoms with Gasteiger partial charge in [0, 0.05) is 31.5 Å². The smallest absolute Gasteiger partial charge is 0.0935 e. The Labute approximate surface area is 193 Å². The highest BCUT2D eigenvalue weighted by Gasteiger charge is 2.10. The molecule has 2 aromatic carbocycles. The van der Waals surface area contributed by atoms with Crippen molar-refractivity contribution in [1.29, 1.82) is 0 Å². The van der Waals surface area contributed by atoms with Crippen molar-refractivity contribution in [3.63, 3.8) is 0 Å². The molecule has 4 rings (SSSR count). The van der Waals surface area contributed by atoms with Crippen molar-refractivity contribution >= 4 is 10.8 Å². The van der Waals surface area contributed by atoms with Crippen molar-refractivity contribution in [1.82, 2.24) is 15.2 Å². The van der Waals surface area contributed by atoms with Gasteiger partial charge in [-0.05, 0) is 73.3 Å². The molecule has 0 amide bonds. The van der Waals surface area contributed by atoms with E-state index in [0.717, 1.165) is 13.0 Å². The Morgan fingerprint density at radius 1 is 0.969 bits per heavy atom. The first-order valence-corrected chi connectivity index (χ1v) is 11.9. The van der Waals surface area contributed by atoms with Crippen molar-refractivity contribution in [3.05, 3.63) is 83.0 Å². The van der Waals surface area contributed by atoms with Crippen LogP contribution in [0.1, 0.15) is 44.7 Å². The summed E-state index contributed by atoms with van der Waals surface area (Å²) < 4.78 is 0. The molecule has 1 N–H and O–H groups in total. The van der Waals surface area contributed by atoms with E-state index in [-0.39, 0.29) is 0 Å². The summed E-state index contributed by atoms with van der Waals surface area (Å²) in [5.41, 5.74) is 2.69. The van der Waals surface area contributed by atoms with Gasteiger partial charge in [-0.15, -0.1) is 0 Å². The monoisotopic (exact) mass is 434 g/mol. The van der Waals surface area contributed by atoms with E-state index >= 15 is 0 Å². The fourth-order valence-corrected chi connectivity index (χ4v) is 3.84. The van der Waals surface area contributed by atoms with Gasteiger partial charge in [0.15, 0.2) is 0 Å². The first-order valence-electron chi connectivity index (χ1n) is 11.9. The summed E-state index contributed by atoms with van der Waals surface area (Å²) in [5.74, 6) is 0. The van der Waals surface area contributed by atoms with E-state index in [2.05, 4.69) is 81.9 Å². The van der Waals surface area contributed by atoms with E-state index in [1.165, 1.54) is 47.8 Å². The minimum Gasteiger partial charge on any atom is -0.312 e. The number of nitrogens with one attached hydrogen (secondary N) is 1. The van der Waals surface area contributed by atoms with Crippen LogP contribution in [0.5, 0.6) is 0 Å². The Bertz CT molecular complexity index is 894. The molecular formula is C27H38N4O. The largest absolute Gasteiger partial charge is 0.312 e. The van der Waals surface area contributed by atoms with Crippen LogP contribution >= 0.6 is 0 Å². The third-order valence-electron chi connectivity index (χ3n) is 5.41. The molecule has 1 unspecified atom stereocenters. The summed E-state index contributed by atoms with van der Waals surface area (Å²) in [6, 6.07) is 19.5. The lowest BCUT2D eigenvalue weighted by molar-refractivity contribution is 0.331. The second-order valence-electron chi connectivity index (χ2n) is 7.93. The third kappa shape index (κ3) is 9.25. The Hall–Kier alpha value is -2.63. The molecule has 5 nitrogen and oxygen atoms in total. The van der Waals surface area contributed by atoms with Crippen molar-refractivity contribution < 1.29 is 0 Å². The number of fused-ring (bicyclic) bond motifs is 1. The molecule has 0 bridgehead atoms. The number of nitrogens with zero attached hydrogens (tertiary/aromatic N) is 3. The Balaban J connectivity index is 0.000000224. The topological polar surface area (TPSA) is 57.6 Å². The lowest BCUT2D eigenvalue weighted by atomic mass is 10.0. The van der Waals surface area contributed by atoms with Crippen molar-refractivity contribution in [2.45, 2.75) is 52.6 Å². The van der Waals surface area contributed by atoms with Crippen LogP contribution in [-0.2, 0) is 13.0 Å². The number of hydrogen-bond donors (Lipinski definition) is 1. The van der Waals surface area contributed by atoms with Crippen molar-refractivity contribution in [2.24, 2.45) is 5.18 Å². The quantitative estimate of drug-likeness (QED) is 0.358. The second-order valence-corrected chi connectivity index (χ2v) is 7.93. The molecule has 1 atom stereocenters. The fraction of sp³-hybridized carbons (Fsp3) is 0.444. The number of benzene rings is 2. The molecule has 3 aromatic rings. The van der Waals surface area contributed by atoms with Crippen LogP contribution in [0.2, 0.25) is 0 Å². The molecule has 1 fully saturated rings. The number of rotatable bonds is 8. The maximum absolute atomic E-state index is 10.0. The van der Waals surface area contributed by atoms with Gasteiger partial charge in [0.25, 0.3) is 0 Å². The zero-order valence-corrected chi connectivity index (χ0v) is 19.8. The zero-order chi connectivity index (χ0) is 23.0. The molecule has 0 radical (unpaired) electrons. The van der Waals surface area contributed by atoms with Gasteiger partial charge in [-0.3, -0.25) is 9.88 Å². The Morgan fingerprint density at radius 2 is 1.66 bits per heavy atom. The van der Waals surface area contributed by atoms with Crippen LogP contribution in [0.15, 0.2) is 72.2 Å². The Kier molecular flexibility index (Phi) is 12.2. The standard InChI is InChI=1S/C15H18N2O.C10H14N2.C2H6/c1-12(16-8-9-17-18)10-13-6-7-14-4-2-3-5-15(14)11-13;1-2-8-12(7-1)9-10-3-5-11-6-4-10;1-2/h2-7,11-12,16H,8-10H2,1H3;3-6H,1-2,7-9H2;1-2H3. The molecule has 1 saturated heterocycles. The van der Waals surface area contributed by atoms with Gasteiger partial charge in [0.2, 0.25) is 0 Å². The van der Waals surface area contributed by atoms with Gasteiger partial charge in [-0.1, -0.05) is 61.5 Å². The van der Waals surface area contributed by atoms with E-state index in [1.807, 2.05) is 26.2 Å². The summed E-state index contributed by atoms with van der Waals surface area (Å²) in [4.78, 5) is 16.5. The van der Waals surface area contributed by atoms with Gasteiger partial charge in [-0.2, -0.15) is 4.91 Å². The molecule has 0 spiro atoms. The van der Waals surface area contributed by atoms with E-state index in [1.54, 1.807) is 0 Å². The summed E-state index contributed by atoms with van der Waals surface area (Å²) in [7, 11) is 0. The summed E-state index contributed by atoms with van der Waals surface area (Å²) in [6.07, 6.45) is 7.43. The summed E-state index contributed by atoms with van der Waals surface area (Å²) in [6.45, 7) is 10.7. The number of likely N-dealkylation sites (tertiary alicyclic amines) is 1. The molecule has 1 aliphatic heterocycles. The second kappa shape index (κ2) is 15.2. The van der Waals surface area contributed by atoms with E-state index in [0.29, 0.717) is 19.1 Å². The molecule has 2 heterocycles. The highest BCUT2D eigenvalue weighted by Crippen LogP contribution is 2.16. The summed E-state index contributed by atoms with van der Waals surface area (Å²) >= 11 is 0. The SMILES string of the molecule is CC.CC(Cc1ccc2ccccc2c1)NCCN=O.c1cc(CN2CCCC2)ccn1. The lowest BCUT2D eigenvalue weighted by Crippen LogP contribution is -2.30. The molecule has 0 aliphatic carbocycles. The minimum atomic E-state index is 0.335. The first-order chi connectivity index (χ1) is 15.7. The maximum Gasteiger partial charge on any atom is 0.0935 e. The number of nitroso groups, excluding NO2 is 1.